The molecule has 1 fully saturated rings. The molecule has 13 heteroatoms. The van der Waals surface area contributed by atoms with Crippen molar-refractivity contribution in [2.75, 3.05) is 42.1 Å². The number of carbonyl (C=O) groups excluding carboxylic acids is 1. The minimum atomic E-state index is -3.47. The van der Waals surface area contributed by atoms with Gasteiger partial charge in [-0.3, -0.25) is 13.9 Å². The Balaban J connectivity index is 0.00000177. The number of benzene rings is 3. The summed E-state index contributed by atoms with van der Waals surface area (Å²) >= 11 is 0. The molecule has 0 aromatic heterocycles. The molecule has 45 heavy (non-hydrogen) atoms. The summed E-state index contributed by atoms with van der Waals surface area (Å²) in [7, 11) is -2.07. The van der Waals surface area contributed by atoms with Crippen LogP contribution >= 0.6 is 0 Å². The molecule has 3 aromatic carbocycles. The zero-order chi connectivity index (χ0) is 32.8. The molecular formula is C32H41FN4O7S. The summed E-state index contributed by atoms with van der Waals surface area (Å²) in [5, 5.41) is 27.4. The number of hydrogen-bond acceptors (Lipinski definition) is 8. The van der Waals surface area contributed by atoms with Crippen molar-refractivity contribution in [3.63, 3.8) is 0 Å². The third-order valence-electron chi connectivity index (χ3n) is 7.18. The summed E-state index contributed by atoms with van der Waals surface area (Å²) in [6, 6.07) is 18.5. The number of rotatable bonds is 13. The number of carbonyl (C=O) groups is 2. The number of aliphatic hydroxyl groups is 1. The van der Waals surface area contributed by atoms with E-state index in [0.29, 0.717) is 49.4 Å². The van der Waals surface area contributed by atoms with Crippen LogP contribution in [0.4, 0.5) is 15.8 Å². The number of nitrogens with one attached hydrogen (secondary N) is 3. The normalized spacial score (nSPS) is 15.2. The van der Waals surface area contributed by atoms with Crippen LogP contribution in [0.15, 0.2) is 66.7 Å². The fourth-order valence-corrected chi connectivity index (χ4v) is 6.62. The molecule has 2 atom stereocenters. The van der Waals surface area contributed by atoms with Gasteiger partial charge in [0.2, 0.25) is 10.0 Å². The number of ether oxygens (including phenoxy) is 1. The Hall–Kier alpha value is -4.20. The lowest BCUT2D eigenvalue weighted by Gasteiger charge is -2.29. The molecule has 244 valence electrons. The number of carboxylic acid groups (broad SMARTS) is 1. The zero-order valence-corrected chi connectivity index (χ0v) is 26.2. The van der Waals surface area contributed by atoms with Crippen LogP contribution in [-0.4, -0.2) is 75.7 Å². The number of aliphatic hydroxyl groups excluding tert-OH is 1. The Bertz CT molecular complexity index is 1510. The second-order valence-electron chi connectivity index (χ2n) is 10.4. The van der Waals surface area contributed by atoms with Crippen LogP contribution in [0.5, 0.6) is 5.75 Å². The van der Waals surface area contributed by atoms with Crippen LogP contribution in [0.1, 0.15) is 41.3 Å². The molecule has 1 aliphatic heterocycles. The minimum absolute atomic E-state index is 0.0724. The van der Waals surface area contributed by atoms with E-state index >= 15 is 0 Å². The maximum atomic E-state index is 13.8. The molecule has 11 nitrogen and oxygen atoms in total. The first-order valence-electron chi connectivity index (χ1n) is 14.6. The first kappa shape index (κ1) is 35.3. The molecule has 0 spiro atoms. The smallest absolute Gasteiger partial charge is 0.290 e. The molecular weight excluding hydrogens is 603 g/mol. The lowest BCUT2D eigenvalue weighted by molar-refractivity contribution is -0.122. The molecule has 5 N–H and O–H groups in total. The Morgan fingerprint density at radius 1 is 1.09 bits per heavy atom. The van der Waals surface area contributed by atoms with Crippen molar-refractivity contribution >= 4 is 33.8 Å². The summed E-state index contributed by atoms with van der Waals surface area (Å²) < 4.78 is 45.8. The number of methoxy groups -OCH3 is 1. The predicted molar refractivity (Wildman–Crippen MR) is 172 cm³/mol. The molecule has 1 aliphatic rings. The molecule has 3 aromatic rings. The second kappa shape index (κ2) is 17.3. The Morgan fingerprint density at radius 2 is 1.82 bits per heavy atom. The number of halogens is 1. The average Bonchev–Trinajstić information content (AvgIpc) is 3.02. The second-order valence-corrected chi connectivity index (χ2v) is 12.4. The number of amides is 1. The van der Waals surface area contributed by atoms with Gasteiger partial charge < -0.3 is 30.9 Å². The van der Waals surface area contributed by atoms with E-state index in [4.69, 9.17) is 14.6 Å². The third-order valence-corrected chi connectivity index (χ3v) is 9.05. The highest BCUT2D eigenvalue weighted by Crippen LogP contribution is 2.28. The molecule has 1 amide bonds. The van der Waals surface area contributed by atoms with Crippen molar-refractivity contribution in [3.05, 3.63) is 89.2 Å². The van der Waals surface area contributed by atoms with Gasteiger partial charge in [-0.05, 0) is 67.6 Å². The molecule has 0 aliphatic carbocycles. The van der Waals surface area contributed by atoms with E-state index in [-0.39, 0.29) is 24.5 Å². The van der Waals surface area contributed by atoms with Gasteiger partial charge in [0, 0.05) is 37.4 Å². The molecule has 0 bridgehead atoms. The highest BCUT2D eigenvalue weighted by atomic mass is 32.2. The van der Waals surface area contributed by atoms with E-state index in [1.165, 1.54) is 17.5 Å². The highest BCUT2D eigenvalue weighted by molar-refractivity contribution is 7.92. The Labute approximate surface area is 263 Å². The molecule has 1 saturated heterocycles. The Morgan fingerprint density at radius 3 is 2.49 bits per heavy atom. The van der Waals surface area contributed by atoms with E-state index < -0.39 is 33.9 Å². The maximum absolute atomic E-state index is 13.8. The fourth-order valence-electron chi connectivity index (χ4n) is 5.00. The van der Waals surface area contributed by atoms with Gasteiger partial charge in [-0.25, -0.2) is 12.8 Å². The van der Waals surface area contributed by atoms with E-state index in [1.807, 2.05) is 37.3 Å². The SMILES string of the molecule is CCNc1cc(C(=O)N[C@@H](Cc2ccccc2)[C@H](O)CNCc2ccc(F)c(OC)c2)cc(N2CCCCS2(=O)=O)c1.O=CO. The largest absolute Gasteiger partial charge is 0.494 e. The molecule has 1 heterocycles. The van der Waals surface area contributed by atoms with E-state index in [2.05, 4.69) is 16.0 Å². The van der Waals surface area contributed by atoms with E-state index in [9.17, 15) is 22.7 Å². The monoisotopic (exact) mass is 644 g/mol. The summed E-state index contributed by atoms with van der Waals surface area (Å²) in [6.45, 7) is 3.15. The lowest BCUT2D eigenvalue weighted by atomic mass is 10.00. The zero-order valence-electron chi connectivity index (χ0n) is 25.4. The first-order chi connectivity index (χ1) is 21.6. The first-order valence-corrected chi connectivity index (χ1v) is 16.3. The number of nitrogens with zero attached hydrogens (tertiary/aromatic N) is 1. The maximum Gasteiger partial charge on any atom is 0.290 e. The van der Waals surface area contributed by atoms with Crippen LogP contribution < -0.4 is 25.0 Å². The van der Waals surface area contributed by atoms with Crippen molar-refractivity contribution < 1.29 is 37.3 Å². The minimum Gasteiger partial charge on any atom is -0.494 e. The van der Waals surface area contributed by atoms with Gasteiger partial charge in [0.05, 0.1) is 30.7 Å². The van der Waals surface area contributed by atoms with Crippen molar-refractivity contribution in [1.29, 1.82) is 0 Å². The van der Waals surface area contributed by atoms with E-state index in [1.54, 1.807) is 30.3 Å². The predicted octanol–water partition coefficient (Wildman–Crippen LogP) is 3.39. The average molecular weight is 645 g/mol. The standard InChI is InChI=1S/C31H39FN4O5S.CH2O2/c1-3-34-25-17-24(18-26(19-25)36-13-7-8-14-42(36,39)40)31(38)35-28(15-22-9-5-4-6-10-22)29(37)21-33-20-23-11-12-27(32)30(16-23)41-2;2-1-3/h4-6,9-12,16-19,28-29,33-34,37H,3,7-8,13-15,20-21H2,1-2H3,(H,35,38);1H,(H,2,3)/t28-,29+;/m0./s1. The number of anilines is 2. The van der Waals surface area contributed by atoms with Gasteiger partial charge >= 0.3 is 0 Å². The van der Waals surface area contributed by atoms with Gasteiger partial charge in [-0.2, -0.15) is 0 Å². The van der Waals surface area contributed by atoms with E-state index in [0.717, 1.165) is 17.5 Å². The van der Waals surface area contributed by atoms with Crippen molar-refractivity contribution in [1.82, 2.24) is 10.6 Å². The fraction of sp³-hybridized carbons (Fsp3) is 0.375. The van der Waals surface area contributed by atoms with Crippen LogP contribution in [0.25, 0.3) is 0 Å². The van der Waals surface area contributed by atoms with Gasteiger partial charge in [0.1, 0.15) is 0 Å². The van der Waals surface area contributed by atoms with Crippen LogP contribution in [0.2, 0.25) is 0 Å². The lowest BCUT2D eigenvalue weighted by Crippen LogP contribution is -2.48. The van der Waals surface area contributed by atoms with Crippen molar-refractivity contribution in [3.8, 4) is 5.75 Å². The van der Waals surface area contributed by atoms with Gasteiger partial charge in [-0.15, -0.1) is 0 Å². The van der Waals surface area contributed by atoms with Gasteiger partial charge in [0.25, 0.3) is 12.4 Å². The van der Waals surface area contributed by atoms with Crippen molar-refractivity contribution in [2.24, 2.45) is 0 Å². The van der Waals surface area contributed by atoms with Gasteiger partial charge in [0.15, 0.2) is 11.6 Å². The number of sulfonamides is 1. The summed E-state index contributed by atoms with van der Waals surface area (Å²) in [5.74, 6) is -0.663. The van der Waals surface area contributed by atoms with Crippen LogP contribution in [0.3, 0.4) is 0 Å². The third kappa shape index (κ3) is 10.4. The number of hydrogen-bond donors (Lipinski definition) is 5. The van der Waals surface area contributed by atoms with Crippen molar-refractivity contribution in [2.45, 2.75) is 44.9 Å². The van der Waals surface area contributed by atoms with Crippen LogP contribution in [0, 0.1) is 5.82 Å². The molecule has 0 unspecified atom stereocenters. The van der Waals surface area contributed by atoms with Crippen LogP contribution in [-0.2, 0) is 27.8 Å². The molecule has 4 rings (SSSR count). The quantitative estimate of drug-likeness (QED) is 0.176. The molecule has 0 saturated carbocycles. The summed E-state index contributed by atoms with van der Waals surface area (Å²) in [5.41, 5.74) is 3.09. The van der Waals surface area contributed by atoms with Gasteiger partial charge in [-0.1, -0.05) is 36.4 Å². The summed E-state index contributed by atoms with van der Waals surface area (Å²) in [4.78, 5) is 22.0. The molecule has 0 radical (unpaired) electrons. The topological polar surface area (TPSA) is 157 Å². The Kier molecular flexibility index (Phi) is 13.6. The highest BCUT2D eigenvalue weighted by Gasteiger charge is 2.28. The summed E-state index contributed by atoms with van der Waals surface area (Å²) in [6.07, 6.45) is 0.770.